The number of fused-ring (bicyclic) bond motifs is 1. The maximum atomic E-state index is 12.0. The van der Waals surface area contributed by atoms with Gasteiger partial charge in [-0.05, 0) is 22.9 Å². The summed E-state index contributed by atoms with van der Waals surface area (Å²) < 4.78 is 0. The summed E-state index contributed by atoms with van der Waals surface area (Å²) >= 11 is 0. The van der Waals surface area contributed by atoms with Crippen LogP contribution in [0.15, 0.2) is 42.5 Å². The molecule has 106 valence electrons. The summed E-state index contributed by atoms with van der Waals surface area (Å²) in [6.07, 6.45) is 0.154. The Labute approximate surface area is 122 Å². The van der Waals surface area contributed by atoms with E-state index in [1.807, 2.05) is 42.5 Å². The molecule has 2 N–H and O–H groups in total. The molecule has 0 heterocycles. The Kier molecular flexibility index (Phi) is 4.89. The molecule has 0 saturated carbocycles. The molecule has 5 heteroatoms. The van der Waals surface area contributed by atoms with Gasteiger partial charge in [0.2, 0.25) is 5.91 Å². The summed E-state index contributed by atoms with van der Waals surface area (Å²) in [6, 6.07) is 15.1. The number of hydrogen-bond donors (Lipinski definition) is 2. The van der Waals surface area contributed by atoms with E-state index in [1.165, 1.54) is 0 Å². The van der Waals surface area contributed by atoms with Gasteiger partial charge in [0, 0.05) is 18.5 Å². The predicted molar refractivity (Wildman–Crippen MR) is 79.5 cm³/mol. The lowest BCUT2D eigenvalue weighted by Crippen LogP contribution is -2.30. The van der Waals surface area contributed by atoms with Crippen molar-refractivity contribution in [3.05, 3.63) is 48.0 Å². The van der Waals surface area contributed by atoms with Crippen LogP contribution < -0.4 is 10.6 Å². The third kappa shape index (κ3) is 4.05. The molecular formula is C16H15N3O2. The zero-order chi connectivity index (χ0) is 15.1. The first-order chi connectivity index (χ1) is 10.2. The second-order valence-corrected chi connectivity index (χ2v) is 4.50. The number of rotatable bonds is 5. The number of hydrogen-bond acceptors (Lipinski definition) is 3. The summed E-state index contributed by atoms with van der Waals surface area (Å²) in [7, 11) is 0. The molecule has 21 heavy (non-hydrogen) atoms. The molecule has 0 spiro atoms. The topological polar surface area (TPSA) is 82.0 Å². The van der Waals surface area contributed by atoms with E-state index in [2.05, 4.69) is 10.6 Å². The van der Waals surface area contributed by atoms with Crippen LogP contribution >= 0.6 is 0 Å². The molecule has 0 saturated heterocycles. The third-order valence-electron chi connectivity index (χ3n) is 3.01. The summed E-state index contributed by atoms with van der Waals surface area (Å²) in [5, 5.41) is 15.5. The van der Waals surface area contributed by atoms with E-state index in [4.69, 9.17) is 5.26 Å². The molecule has 2 aromatic rings. The highest BCUT2D eigenvalue weighted by Gasteiger charge is 2.07. The van der Waals surface area contributed by atoms with Crippen molar-refractivity contribution in [2.75, 3.05) is 13.1 Å². The lowest BCUT2D eigenvalue weighted by Gasteiger charge is -2.06. The van der Waals surface area contributed by atoms with Gasteiger partial charge in [0.25, 0.3) is 5.91 Å². The highest BCUT2D eigenvalue weighted by molar-refractivity contribution is 5.98. The summed E-state index contributed by atoms with van der Waals surface area (Å²) in [5.74, 6) is -0.468. The fourth-order valence-corrected chi connectivity index (χ4v) is 1.95. The number of carbonyl (C=O) groups is 2. The van der Waals surface area contributed by atoms with Gasteiger partial charge in [0.15, 0.2) is 0 Å². The van der Waals surface area contributed by atoms with Gasteiger partial charge in [-0.25, -0.2) is 0 Å². The Morgan fingerprint density at radius 2 is 1.81 bits per heavy atom. The van der Waals surface area contributed by atoms with Crippen LogP contribution in [0.2, 0.25) is 0 Å². The summed E-state index contributed by atoms with van der Waals surface area (Å²) in [4.78, 5) is 23.3. The molecule has 2 rings (SSSR count). The van der Waals surface area contributed by atoms with Crippen molar-refractivity contribution in [3.8, 4) is 6.07 Å². The molecule has 0 fully saturated rings. The SMILES string of the molecule is N#CCNC(=O)CCNC(=O)c1ccc2ccccc2c1. The average molecular weight is 281 g/mol. The maximum Gasteiger partial charge on any atom is 0.251 e. The standard InChI is InChI=1S/C16H15N3O2/c17-8-10-18-15(20)7-9-19-16(21)14-6-5-12-3-1-2-4-13(12)11-14/h1-6,11H,7,9-10H2,(H,18,20)(H,19,21). The summed E-state index contributed by atoms with van der Waals surface area (Å²) in [5.41, 5.74) is 0.561. The maximum absolute atomic E-state index is 12.0. The highest BCUT2D eigenvalue weighted by atomic mass is 16.2. The van der Waals surface area contributed by atoms with E-state index in [9.17, 15) is 9.59 Å². The second kappa shape index (κ2) is 7.06. The van der Waals surface area contributed by atoms with Crippen molar-refractivity contribution < 1.29 is 9.59 Å². The first kappa shape index (κ1) is 14.5. The molecule has 5 nitrogen and oxygen atoms in total. The second-order valence-electron chi connectivity index (χ2n) is 4.50. The molecule has 2 aromatic carbocycles. The van der Waals surface area contributed by atoms with Gasteiger partial charge in [-0.2, -0.15) is 5.26 Å². The molecule has 0 bridgehead atoms. The van der Waals surface area contributed by atoms with Crippen molar-refractivity contribution in [2.45, 2.75) is 6.42 Å². The van der Waals surface area contributed by atoms with Crippen LogP contribution in [0.25, 0.3) is 10.8 Å². The van der Waals surface area contributed by atoms with Crippen molar-refractivity contribution in [1.29, 1.82) is 5.26 Å². The predicted octanol–water partition coefficient (Wildman–Crippen LogP) is 1.60. The van der Waals surface area contributed by atoms with Gasteiger partial charge in [-0.15, -0.1) is 0 Å². The molecule has 0 aliphatic carbocycles. The van der Waals surface area contributed by atoms with Crippen molar-refractivity contribution in [3.63, 3.8) is 0 Å². The van der Waals surface area contributed by atoms with Crippen LogP contribution in [0, 0.1) is 11.3 Å². The van der Waals surface area contributed by atoms with Gasteiger partial charge in [0.1, 0.15) is 6.54 Å². The van der Waals surface area contributed by atoms with E-state index in [0.717, 1.165) is 10.8 Å². The Bertz CT molecular complexity index is 704. The normalized spacial score (nSPS) is 9.86. The first-order valence-electron chi connectivity index (χ1n) is 6.61. The zero-order valence-corrected chi connectivity index (χ0v) is 11.4. The number of carbonyl (C=O) groups excluding carboxylic acids is 2. The molecule has 0 atom stereocenters. The van der Waals surface area contributed by atoms with Crippen LogP contribution in [0.4, 0.5) is 0 Å². The minimum atomic E-state index is -0.254. The lowest BCUT2D eigenvalue weighted by molar-refractivity contribution is -0.120. The van der Waals surface area contributed by atoms with E-state index >= 15 is 0 Å². The van der Waals surface area contributed by atoms with Gasteiger partial charge in [-0.3, -0.25) is 9.59 Å². The van der Waals surface area contributed by atoms with Gasteiger partial charge in [-0.1, -0.05) is 30.3 Å². The largest absolute Gasteiger partial charge is 0.352 e. The summed E-state index contributed by atoms with van der Waals surface area (Å²) in [6.45, 7) is 0.223. The minimum absolute atomic E-state index is 0.0164. The Balaban J connectivity index is 1.90. The Hall–Kier alpha value is -2.87. The van der Waals surface area contributed by atoms with Gasteiger partial charge < -0.3 is 10.6 Å². The number of nitrogens with one attached hydrogen (secondary N) is 2. The van der Waals surface area contributed by atoms with Crippen LogP contribution in [-0.2, 0) is 4.79 Å². The molecule has 0 unspecified atom stereocenters. The van der Waals surface area contributed by atoms with Crippen LogP contribution in [-0.4, -0.2) is 24.9 Å². The van der Waals surface area contributed by atoms with Crippen LogP contribution in [0.3, 0.4) is 0 Å². The number of amides is 2. The third-order valence-corrected chi connectivity index (χ3v) is 3.01. The van der Waals surface area contributed by atoms with E-state index in [-0.39, 0.29) is 31.3 Å². The number of nitrogens with zero attached hydrogens (tertiary/aromatic N) is 1. The van der Waals surface area contributed by atoms with Crippen molar-refractivity contribution >= 4 is 22.6 Å². The molecule has 0 aliphatic heterocycles. The molecule has 0 aliphatic rings. The van der Waals surface area contributed by atoms with Gasteiger partial charge >= 0.3 is 0 Å². The minimum Gasteiger partial charge on any atom is -0.352 e. The van der Waals surface area contributed by atoms with Crippen molar-refractivity contribution in [2.24, 2.45) is 0 Å². The van der Waals surface area contributed by atoms with Gasteiger partial charge in [0.05, 0.1) is 6.07 Å². The first-order valence-corrected chi connectivity index (χ1v) is 6.61. The molecule has 0 radical (unpaired) electrons. The molecule has 0 aromatic heterocycles. The van der Waals surface area contributed by atoms with Crippen molar-refractivity contribution in [1.82, 2.24) is 10.6 Å². The number of nitriles is 1. The average Bonchev–Trinajstić information content (AvgIpc) is 2.52. The Morgan fingerprint density at radius 1 is 1.05 bits per heavy atom. The zero-order valence-electron chi connectivity index (χ0n) is 11.4. The lowest BCUT2D eigenvalue weighted by atomic mass is 10.1. The van der Waals surface area contributed by atoms with E-state index in [0.29, 0.717) is 5.56 Å². The fraction of sp³-hybridized carbons (Fsp3) is 0.188. The van der Waals surface area contributed by atoms with E-state index < -0.39 is 0 Å². The van der Waals surface area contributed by atoms with Crippen LogP contribution in [0.5, 0.6) is 0 Å². The van der Waals surface area contributed by atoms with Crippen LogP contribution in [0.1, 0.15) is 16.8 Å². The molecule has 2 amide bonds. The quantitative estimate of drug-likeness (QED) is 0.817. The van der Waals surface area contributed by atoms with E-state index in [1.54, 1.807) is 6.07 Å². The fourth-order valence-electron chi connectivity index (χ4n) is 1.95. The number of benzene rings is 2. The monoisotopic (exact) mass is 281 g/mol. The highest BCUT2D eigenvalue weighted by Crippen LogP contribution is 2.15. The smallest absolute Gasteiger partial charge is 0.251 e. The molecular weight excluding hydrogens is 266 g/mol. The Morgan fingerprint density at radius 3 is 2.57 bits per heavy atom.